The van der Waals surface area contributed by atoms with Crippen molar-refractivity contribution in [1.29, 1.82) is 5.41 Å². The zero-order valence-corrected chi connectivity index (χ0v) is 17.9. The van der Waals surface area contributed by atoms with E-state index in [4.69, 9.17) is 20.1 Å². The second-order valence-corrected chi connectivity index (χ2v) is 7.07. The average Bonchev–Trinajstić information content (AvgIpc) is 2.77. The van der Waals surface area contributed by atoms with Crippen LogP contribution in [0.25, 0.3) is 0 Å². The lowest BCUT2D eigenvalue weighted by Gasteiger charge is -2.32. The van der Waals surface area contributed by atoms with Crippen molar-refractivity contribution >= 4 is 29.0 Å². The summed E-state index contributed by atoms with van der Waals surface area (Å²) >= 11 is 0. The van der Waals surface area contributed by atoms with Gasteiger partial charge < -0.3 is 31.0 Å². The third-order valence-corrected chi connectivity index (χ3v) is 4.77. The van der Waals surface area contributed by atoms with E-state index in [1.54, 1.807) is 12.3 Å². The van der Waals surface area contributed by atoms with Crippen molar-refractivity contribution in [2.75, 3.05) is 54.9 Å². The summed E-state index contributed by atoms with van der Waals surface area (Å²) in [4.78, 5) is 20.0. The zero-order valence-electron chi connectivity index (χ0n) is 17.9. The molecule has 30 heavy (non-hydrogen) atoms. The van der Waals surface area contributed by atoms with Crippen LogP contribution in [0.5, 0.6) is 0 Å². The highest BCUT2D eigenvalue weighted by molar-refractivity contribution is 6.03. The van der Waals surface area contributed by atoms with Crippen molar-refractivity contribution in [1.82, 2.24) is 25.3 Å². The number of aromatic nitrogens is 4. The summed E-state index contributed by atoms with van der Waals surface area (Å²) in [5.74, 6) is 1.84. The highest BCUT2D eigenvalue weighted by Gasteiger charge is 2.23. The molecule has 0 aliphatic carbocycles. The Labute approximate surface area is 177 Å². The summed E-state index contributed by atoms with van der Waals surface area (Å²) in [5, 5.41) is 18.6. The van der Waals surface area contributed by atoms with E-state index in [0.717, 1.165) is 19.6 Å². The van der Waals surface area contributed by atoms with Crippen LogP contribution in [0.4, 0.5) is 23.3 Å². The van der Waals surface area contributed by atoms with Crippen LogP contribution in [0.15, 0.2) is 18.6 Å². The van der Waals surface area contributed by atoms with Gasteiger partial charge >= 0.3 is 0 Å². The van der Waals surface area contributed by atoms with Crippen molar-refractivity contribution in [3.63, 3.8) is 0 Å². The van der Waals surface area contributed by atoms with Gasteiger partial charge in [0.15, 0.2) is 5.82 Å². The van der Waals surface area contributed by atoms with Crippen LogP contribution in [0.3, 0.4) is 0 Å². The van der Waals surface area contributed by atoms with Gasteiger partial charge in [0.25, 0.3) is 0 Å². The fourth-order valence-electron chi connectivity index (χ4n) is 3.23. The highest BCUT2D eigenvalue weighted by Crippen LogP contribution is 2.29. The zero-order chi connectivity index (χ0) is 21.3. The van der Waals surface area contributed by atoms with E-state index in [1.165, 1.54) is 6.33 Å². The molecule has 10 nitrogen and oxygen atoms in total. The first-order chi connectivity index (χ1) is 14.6. The lowest BCUT2D eigenvalue weighted by atomic mass is 10.1. The first-order valence-electron chi connectivity index (χ1n) is 10.4. The van der Waals surface area contributed by atoms with Crippen LogP contribution >= 0.6 is 0 Å². The Morgan fingerprint density at radius 2 is 2.23 bits per heavy atom. The maximum Gasteiger partial charge on any atom is 0.228 e. The van der Waals surface area contributed by atoms with Gasteiger partial charge in [0.1, 0.15) is 23.5 Å². The van der Waals surface area contributed by atoms with Gasteiger partial charge in [-0.2, -0.15) is 4.98 Å². The van der Waals surface area contributed by atoms with Gasteiger partial charge in [-0.05, 0) is 26.3 Å². The number of hydrogen-bond donors (Lipinski definition) is 4. The summed E-state index contributed by atoms with van der Waals surface area (Å²) in [7, 11) is 0. The number of hydrogen-bond acceptors (Lipinski definition) is 10. The van der Waals surface area contributed by atoms with Crippen LogP contribution < -0.4 is 20.9 Å². The molecule has 2 aromatic heterocycles. The topological polar surface area (TPSA) is 124 Å². The molecule has 162 valence electrons. The quantitative estimate of drug-likeness (QED) is 0.342. The van der Waals surface area contributed by atoms with E-state index in [2.05, 4.69) is 37.7 Å². The molecule has 2 aromatic rings. The molecule has 1 aliphatic heterocycles. The third kappa shape index (κ3) is 5.61. The molecule has 10 heteroatoms. The lowest BCUT2D eigenvalue weighted by molar-refractivity contribution is 0.158. The molecule has 0 amide bonds. The Balaban J connectivity index is 2.00. The monoisotopic (exact) mass is 413 g/mol. The van der Waals surface area contributed by atoms with Crippen molar-refractivity contribution < 1.29 is 4.74 Å². The minimum Gasteiger partial charge on any atom is -0.380 e. The maximum absolute atomic E-state index is 8.52. The predicted octanol–water partition coefficient (Wildman–Crippen LogP) is 2.03. The van der Waals surface area contributed by atoms with Gasteiger partial charge in [0.2, 0.25) is 5.95 Å². The van der Waals surface area contributed by atoms with Gasteiger partial charge in [-0.3, -0.25) is 0 Å². The molecule has 1 atom stereocenters. The third-order valence-electron chi connectivity index (χ3n) is 4.77. The molecule has 1 saturated heterocycles. The molecule has 1 aliphatic rings. The van der Waals surface area contributed by atoms with E-state index in [0.29, 0.717) is 66.9 Å². The standard InChI is InChI=1S/C20H31N9O/c1-4-15(21)17-18(24-9-11-30-5-2)19(26-16-6-7-22-13-25-16)28-20(27-17)29-10-8-23-14(3)12-29/h6-7,13-14,21,23-24H,4-5,8-12H2,1-3H3,(H,22,25,26,27,28)/t14-/m1/s1. The first-order valence-corrected chi connectivity index (χ1v) is 10.4. The molecule has 0 bridgehead atoms. The van der Waals surface area contributed by atoms with Crippen LogP contribution in [-0.4, -0.2) is 71.1 Å². The molecule has 0 saturated carbocycles. The maximum atomic E-state index is 8.52. The molecular formula is C20H31N9O. The van der Waals surface area contributed by atoms with E-state index < -0.39 is 0 Å². The molecule has 1 fully saturated rings. The Kier molecular flexibility index (Phi) is 7.86. The average molecular weight is 414 g/mol. The Bertz CT molecular complexity index is 831. The van der Waals surface area contributed by atoms with Crippen LogP contribution in [-0.2, 0) is 4.74 Å². The molecule has 3 rings (SSSR count). The molecule has 4 N–H and O–H groups in total. The van der Waals surface area contributed by atoms with Gasteiger partial charge in [0, 0.05) is 45.0 Å². The SMILES string of the molecule is CCOCCNc1c(Nc2ccncn2)nc(N2CCN[C@H](C)C2)nc1C(=N)CC. The predicted molar refractivity (Wildman–Crippen MR) is 119 cm³/mol. The summed E-state index contributed by atoms with van der Waals surface area (Å²) in [6.07, 6.45) is 3.73. The van der Waals surface area contributed by atoms with Crippen molar-refractivity contribution in [2.24, 2.45) is 0 Å². The molecule has 3 heterocycles. The minimum atomic E-state index is 0.346. The molecular weight excluding hydrogens is 382 g/mol. The molecule has 0 aromatic carbocycles. The second-order valence-electron chi connectivity index (χ2n) is 7.07. The van der Waals surface area contributed by atoms with Gasteiger partial charge in [0.05, 0.1) is 12.3 Å². The van der Waals surface area contributed by atoms with E-state index in [1.807, 2.05) is 13.8 Å². The molecule has 0 radical (unpaired) electrons. The van der Waals surface area contributed by atoms with Crippen molar-refractivity contribution in [3.05, 3.63) is 24.3 Å². The number of rotatable bonds is 10. The molecule has 0 unspecified atom stereocenters. The van der Waals surface area contributed by atoms with Crippen molar-refractivity contribution in [3.8, 4) is 0 Å². The van der Waals surface area contributed by atoms with Crippen LogP contribution in [0.2, 0.25) is 0 Å². The Morgan fingerprint density at radius 1 is 1.37 bits per heavy atom. The highest BCUT2D eigenvalue weighted by atomic mass is 16.5. The van der Waals surface area contributed by atoms with Gasteiger partial charge in [-0.1, -0.05) is 6.92 Å². The Morgan fingerprint density at radius 3 is 2.93 bits per heavy atom. The lowest BCUT2D eigenvalue weighted by Crippen LogP contribution is -2.50. The Hall–Kier alpha value is -2.85. The smallest absolute Gasteiger partial charge is 0.228 e. The van der Waals surface area contributed by atoms with Crippen molar-refractivity contribution in [2.45, 2.75) is 33.2 Å². The summed E-state index contributed by atoms with van der Waals surface area (Å²) in [5.41, 5.74) is 1.74. The minimum absolute atomic E-state index is 0.346. The fourth-order valence-corrected chi connectivity index (χ4v) is 3.23. The van der Waals surface area contributed by atoms with Gasteiger partial charge in [-0.15, -0.1) is 0 Å². The summed E-state index contributed by atoms with van der Waals surface area (Å²) in [6.45, 7) is 10.4. The van der Waals surface area contributed by atoms with E-state index in [9.17, 15) is 0 Å². The number of ether oxygens (including phenoxy) is 1. The summed E-state index contributed by atoms with van der Waals surface area (Å²) < 4.78 is 5.46. The second kappa shape index (κ2) is 10.8. The normalized spacial score (nSPS) is 16.4. The largest absolute Gasteiger partial charge is 0.380 e. The first kappa shape index (κ1) is 21.8. The van der Waals surface area contributed by atoms with E-state index >= 15 is 0 Å². The van der Waals surface area contributed by atoms with Crippen LogP contribution in [0, 0.1) is 5.41 Å². The number of nitrogens with zero attached hydrogens (tertiary/aromatic N) is 5. The number of nitrogens with one attached hydrogen (secondary N) is 4. The van der Waals surface area contributed by atoms with Gasteiger partial charge in [-0.25, -0.2) is 15.0 Å². The fraction of sp³-hybridized carbons (Fsp3) is 0.550. The number of anilines is 4. The van der Waals surface area contributed by atoms with E-state index in [-0.39, 0.29) is 0 Å². The summed E-state index contributed by atoms with van der Waals surface area (Å²) in [6, 6.07) is 2.13. The van der Waals surface area contributed by atoms with Crippen LogP contribution in [0.1, 0.15) is 32.9 Å². The molecule has 0 spiro atoms. The number of piperazine rings is 1.